The van der Waals surface area contributed by atoms with E-state index >= 15 is 0 Å². The molecule has 0 spiro atoms. The molecule has 4 atom stereocenters. The van der Waals surface area contributed by atoms with E-state index in [1.54, 1.807) is 0 Å². The van der Waals surface area contributed by atoms with Crippen molar-refractivity contribution in [3.63, 3.8) is 0 Å². The molecule has 2 rings (SSSR count). The Balaban J connectivity index is 1.64. The predicted octanol–water partition coefficient (Wildman–Crippen LogP) is 2.82. The van der Waals surface area contributed by atoms with Crippen molar-refractivity contribution in [2.75, 3.05) is 18.8 Å². The number of unbranched alkanes of at least 4 members (excludes halogenated alkanes) is 5. The summed E-state index contributed by atoms with van der Waals surface area (Å²) in [4.78, 5) is 22.6. The minimum Gasteiger partial charge on any atom is -0.481 e. The van der Waals surface area contributed by atoms with Crippen LogP contribution in [0.5, 0.6) is 0 Å². The number of nitrogens with one attached hydrogen (secondary N) is 2. The Labute approximate surface area is 186 Å². The van der Waals surface area contributed by atoms with Crippen LogP contribution < -0.4 is 10.0 Å². The lowest BCUT2D eigenvalue weighted by Crippen LogP contribution is -2.39. The standard InChI is InChI=1S/C22H40N2O6S/c1-2-3-8-15-31(28,29)24-16-21(25)23-14-13-18-17(19-11-12-20(18)30-19)9-6-4-5-7-10-22(26)27/h17-20,24H,2-16H2,1H3,(H,23,25)(H,26,27)/t17-,18+,19-,20+/m1/s1. The molecular formula is C22H40N2O6S. The number of hydrogen-bond acceptors (Lipinski definition) is 5. The van der Waals surface area contributed by atoms with Crippen LogP contribution in [0.4, 0.5) is 0 Å². The molecule has 0 aromatic carbocycles. The molecule has 3 N–H and O–H groups in total. The van der Waals surface area contributed by atoms with E-state index in [4.69, 9.17) is 9.84 Å². The van der Waals surface area contributed by atoms with Crippen molar-refractivity contribution in [2.24, 2.45) is 11.8 Å². The summed E-state index contributed by atoms with van der Waals surface area (Å²) >= 11 is 0. The molecule has 2 heterocycles. The third-order valence-electron chi connectivity index (χ3n) is 6.54. The maximum absolute atomic E-state index is 12.0. The summed E-state index contributed by atoms with van der Waals surface area (Å²) < 4.78 is 32.3. The summed E-state index contributed by atoms with van der Waals surface area (Å²) in [5.41, 5.74) is 0. The molecular weight excluding hydrogens is 420 g/mol. The number of aliphatic carboxylic acids is 1. The second kappa shape index (κ2) is 13.4. The van der Waals surface area contributed by atoms with Crippen LogP contribution in [0.25, 0.3) is 0 Å². The first-order chi connectivity index (χ1) is 14.8. The fourth-order valence-corrected chi connectivity index (χ4v) is 5.99. The molecule has 2 fully saturated rings. The van der Waals surface area contributed by atoms with E-state index in [9.17, 15) is 18.0 Å². The molecule has 0 unspecified atom stereocenters. The third-order valence-corrected chi connectivity index (χ3v) is 7.95. The maximum atomic E-state index is 12.0. The van der Waals surface area contributed by atoms with Crippen molar-refractivity contribution >= 4 is 21.9 Å². The minimum absolute atomic E-state index is 0.0641. The Morgan fingerprint density at radius 3 is 2.32 bits per heavy atom. The van der Waals surface area contributed by atoms with E-state index in [0.717, 1.165) is 64.2 Å². The number of amides is 1. The van der Waals surface area contributed by atoms with Crippen LogP contribution >= 0.6 is 0 Å². The molecule has 1 amide bonds. The van der Waals surface area contributed by atoms with Crippen LogP contribution in [-0.2, 0) is 24.3 Å². The number of sulfonamides is 1. The molecule has 2 aliphatic rings. The highest BCUT2D eigenvalue weighted by molar-refractivity contribution is 7.89. The van der Waals surface area contributed by atoms with Gasteiger partial charge in [0.1, 0.15) is 0 Å². The maximum Gasteiger partial charge on any atom is 0.303 e. The highest BCUT2D eigenvalue weighted by Gasteiger charge is 2.47. The summed E-state index contributed by atoms with van der Waals surface area (Å²) in [6, 6.07) is 0. The van der Waals surface area contributed by atoms with Gasteiger partial charge in [-0.25, -0.2) is 13.1 Å². The van der Waals surface area contributed by atoms with Gasteiger partial charge < -0.3 is 15.2 Å². The number of fused-ring (bicyclic) bond motifs is 2. The molecule has 9 heteroatoms. The molecule has 0 radical (unpaired) electrons. The summed E-state index contributed by atoms with van der Waals surface area (Å²) in [5, 5.41) is 11.6. The number of carbonyl (C=O) groups excluding carboxylic acids is 1. The Bertz CT molecular complexity index is 669. The summed E-state index contributed by atoms with van der Waals surface area (Å²) in [6.45, 7) is 2.34. The second-order valence-corrected chi connectivity index (χ2v) is 10.9. The van der Waals surface area contributed by atoms with Crippen LogP contribution in [0.2, 0.25) is 0 Å². The smallest absolute Gasteiger partial charge is 0.303 e. The Kier molecular flexibility index (Phi) is 11.2. The van der Waals surface area contributed by atoms with Crippen LogP contribution in [0, 0.1) is 11.8 Å². The average molecular weight is 461 g/mol. The molecule has 2 bridgehead atoms. The van der Waals surface area contributed by atoms with Gasteiger partial charge in [-0.1, -0.05) is 39.0 Å². The normalized spacial score (nSPS) is 25.1. The van der Waals surface area contributed by atoms with Crippen molar-refractivity contribution in [1.82, 2.24) is 10.0 Å². The summed E-state index contributed by atoms with van der Waals surface area (Å²) in [6.07, 6.45) is 11.2. The van der Waals surface area contributed by atoms with Crippen LogP contribution in [0.3, 0.4) is 0 Å². The Morgan fingerprint density at radius 1 is 0.968 bits per heavy atom. The monoisotopic (exact) mass is 460 g/mol. The summed E-state index contributed by atoms with van der Waals surface area (Å²) in [7, 11) is -3.39. The Morgan fingerprint density at radius 2 is 1.65 bits per heavy atom. The van der Waals surface area contributed by atoms with Crippen molar-refractivity contribution < 1.29 is 27.9 Å². The molecule has 0 aromatic heterocycles. The van der Waals surface area contributed by atoms with Crippen molar-refractivity contribution in [2.45, 2.75) is 96.2 Å². The average Bonchev–Trinajstić information content (AvgIpc) is 3.31. The van der Waals surface area contributed by atoms with E-state index in [2.05, 4.69) is 10.0 Å². The minimum atomic E-state index is -3.39. The van der Waals surface area contributed by atoms with Gasteiger partial charge in [0.05, 0.1) is 24.5 Å². The highest BCUT2D eigenvalue weighted by atomic mass is 32.2. The second-order valence-electron chi connectivity index (χ2n) is 8.95. The van der Waals surface area contributed by atoms with Crippen LogP contribution in [-0.4, -0.2) is 56.5 Å². The van der Waals surface area contributed by atoms with E-state index in [1.165, 1.54) is 0 Å². The SMILES string of the molecule is CCCCCS(=O)(=O)NCC(=O)NCC[C@H]1[C@@H](CCCCCCC(=O)O)[C@H]2CC[C@@H]1O2. The van der Waals surface area contributed by atoms with Crippen molar-refractivity contribution in [1.29, 1.82) is 0 Å². The molecule has 0 aliphatic carbocycles. The van der Waals surface area contributed by atoms with Gasteiger partial charge in [-0.3, -0.25) is 9.59 Å². The Hall–Kier alpha value is -1.19. The third kappa shape index (κ3) is 9.45. The largest absolute Gasteiger partial charge is 0.481 e. The van der Waals surface area contributed by atoms with E-state index in [0.29, 0.717) is 30.9 Å². The van der Waals surface area contributed by atoms with Crippen molar-refractivity contribution in [3.8, 4) is 0 Å². The first-order valence-corrected chi connectivity index (χ1v) is 13.6. The molecule has 0 saturated carbocycles. The molecule has 2 aliphatic heterocycles. The zero-order valence-electron chi connectivity index (χ0n) is 18.8. The fraction of sp³-hybridized carbons (Fsp3) is 0.909. The topological polar surface area (TPSA) is 122 Å². The van der Waals surface area contributed by atoms with Gasteiger partial charge in [-0.15, -0.1) is 0 Å². The van der Waals surface area contributed by atoms with Crippen LogP contribution in [0.15, 0.2) is 0 Å². The summed E-state index contributed by atoms with van der Waals surface area (Å²) in [5.74, 6) is -0.0174. The van der Waals surface area contributed by atoms with Gasteiger partial charge in [0.25, 0.3) is 0 Å². The molecule has 0 aromatic rings. The molecule has 8 nitrogen and oxygen atoms in total. The quantitative estimate of drug-likeness (QED) is 0.287. The first-order valence-electron chi connectivity index (χ1n) is 11.9. The lowest BCUT2D eigenvalue weighted by Gasteiger charge is -2.28. The van der Waals surface area contributed by atoms with Gasteiger partial charge in [-0.05, 0) is 50.4 Å². The fourth-order valence-electron chi connectivity index (χ4n) is 4.91. The highest BCUT2D eigenvalue weighted by Crippen LogP contribution is 2.46. The van der Waals surface area contributed by atoms with Gasteiger partial charge in [0, 0.05) is 13.0 Å². The first kappa shape index (κ1) is 26.1. The number of carboxylic acid groups (broad SMARTS) is 1. The zero-order valence-corrected chi connectivity index (χ0v) is 19.6. The van der Waals surface area contributed by atoms with E-state index < -0.39 is 16.0 Å². The number of rotatable bonds is 17. The molecule has 180 valence electrons. The van der Waals surface area contributed by atoms with E-state index in [-0.39, 0.29) is 30.7 Å². The number of carboxylic acids is 1. The number of hydrogen-bond donors (Lipinski definition) is 3. The predicted molar refractivity (Wildman–Crippen MR) is 119 cm³/mol. The van der Waals surface area contributed by atoms with E-state index in [1.807, 2.05) is 6.92 Å². The number of ether oxygens (including phenoxy) is 1. The van der Waals surface area contributed by atoms with Gasteiger partial charge >= 0.3 is 5.97 Å². The molecule has 31 heavy (non-hydrogen) atoms. The number of carbonyl (C=O) groups is 2. The molecule has 2 saturated heterocycles. The van der Waals surface area contributed by atoms with Gasteiger partial charge in [0.2, 0.25) is 15.9 Å². The van der Waals surface area contributed by atoms with Gasteiger partial charge in [-0.2, -0.15) is 0 Å². The van der Waals surface area contributed by atoms with Crippen LogP contribution in [0.1, 0.15) is 84.0 Å². The lowest BCUT2D eigenvalue weighted by atomic mass is 9.75. The van der Waals surface area contributed by atoms with Crippen molar-refractivity contribution in [3.05, 3.63) is 0 Å². The lowest BCUT2D eigenvalue weighted by molar-refractivity contribution is -0.137. The van der Waals surface area contributed by atoms with Gasteiger partial charge in [0.15, 0.2) is 0 Å². The zero-order chi connectivity index (χ0) is 22.7.